The number of unbranched alkanes of at least 4 members (excludes halogenated alkanes) is 2. The molecule has 16 heteroatoms. The van der Waals surface area contributed by atoms with Gasteiger partial charge in [0.2, 0.25) is 12.1 Å². The van der Waals surface area contributed by atoms with Gasteiger partial charge in [-0.25, -0.2) is 9.18 Å². The molecule has 1 saturated heterocycles. The molecule has 1 saturated carbocycles. The maximum absolute atomic E-state index is 15.1. The molecule has 2 aliphatic heterocycles. The molecule has 2 aliphatic carbocycles. The number of aliphatic hydroxyl groups is 2. The summed E-state index contributed by atoms with van der Waals surface area (Å²) < 4.78 is 47.5. The van der Waals surface area contributed by atoms with Crippen LogP contribution in [0, 0.1) is 40.6 Å². The van der Waals surface area contributed by atoms with Gasteiger partial charge in [-0.1, -0.05) is 48.3 Å². The van der Waals surface area contributed by atoms with Crippen LogP contribution in [0.15, 0.2) is 114 Å². The van der Waals surface area contributed by atoms with Crippen LogP contribution in [0.25, 0.3) is 0 Å². The molecule has 2 fully saturated rings. The molecule has 69 heavy (non-hydrogen) atoms. The SMILES string of the molecule is C=CCO[C@@]12Oc3ccc(OCc4cccc(C)n4)cc3[C@H]3[C@H](CCCCO)[C@@H](CCCCO)C=C(C(=NOC4CCCCO4)C[C@@H]1N(Cc1ccc(F)cc1)C(=O)Oc1ccc([N+](=O)[O-])cc1)[C@H]32. The van der Waals surface area contributed by atoms with Crippen molar-refractivity contribution in [3.05, 3.63) is 148 Å². The number of pyridine rings is 1. The number of aryl methyl sites for hydroxylation is 1. The minimum absolute atomic E-state index is 0.0167. The van der Waals surface area contributed by atoms with Crippen molar-refractivity contribution in [2.75, 3.05) is 26.4 Å². The second kappa shape index (κ2) is 22.9. The van der Waals surface area contributed by atoms with Crippen LogP contribution in [0.4, 0.5) is 14.9 Å². The smallest absolute Gasteiger partial charge is 0.416 e. The van der Waals surface area contributed by atoms with E-state index in [4.69, 9.17) is 33.7 Å². The fourth-order valence-corrected chi connectivity index (χ4v) is 10.4. The molecule has 4 aromatic rings. The molecule has 1 unspecified atom stereocenters. The third-order valence-electron chi connectivity index (χ3n) is 13.5. The molecule has 0 radical (unpaired) electrons. The minimum Gasteiger partial charge on any atom is -0.487 e. The standard InChI is InChI=1S/C53H61FN4O11/c1-3-28-66-53-48(57(33-36-16-18-38(54)19-17-36)52(61)67-41-22-20-40(21-23-41)58(62)63)32-46(56-69-49-15-6-9-29-64-49)44-30-37(12-4-7-26-59)43(14-5-8-27-60)50(51(44)53)45-31-42(24-25-47(45)68-53)65-34-39-13-10-11-35(2)55-39/h3,10-11,13,16-25,30-31,37,43,48-51,59-60H,1,4-9,12,14-15,26-29,32-34H2,2H3/t37-,43+,48-,49?,50+,51+,53+/m0/s1. The van der Waals surface area contributed by atoms with Crippen LogP contribution < -0.4 is 14.2 Å². The van der Waals surface area contributed by atoms with Gasteiger partial charge >= 0.3 is 6.09 Å². The molecule has 0 spiro atoms. The zero-order valence-corrected chi connectivity index (χ0v) is 39.0. The van der Waals surface area contributed by atoms with Crippen molar-refractivity contribution in [3.8, 4) is 17.2 Å². The maximum Gasteiger partial charge on any atom is 0.416 e. The van der Waals surface area contributed by atoms with Gasteiger partial charge in [-0.3, -0.25) is 20.0 Å². The first-order chi connectivity index (χ1) is 33.6. The van der Waals surface area contributed by atoms with E-state index in [0.717, 1.165) is 61.0 Å². The Labute approximate surface area is 401 Å². The molecule has 1 amide bonds. The number of non-ortho nitro benzene ring substituents is 1. The van der Waals surface area contributed by atoms with E-state index in [1.54, 1.807) is 18.2 Å². The number of rotatable bonds is 21. The number of ether oxygens (including phenoxy) is 5. The van der Waals surface area contributed by atoms with Crippen LogP contribution in [0.2, 0.25) is 0 Å². The van der Waals surface area contributed by atoms with Crippen LogP contribution in [0.3, 0.4) is 0 Å². The van der Waals surface area contributed by atoms with Crippen LogP contribution >= 0.6 is 0 Å². The second-order valence-corrected chi connectivity index (χ2v) is 18.1. The predicted octanol–water partition coefficient (Wildman–Crippen LogP) is 9.88. The number of oxime groups is 1. The highest BCUT2D eigenvalue weighted by molar-refractivity contribution is 6.03. The Hall–Kier alpha value is -6.20. The van der Waals surface area contributed by atoms with Gasteiger partial charge in [-0.15, -0.1) is 6.58 Å². The lowest BCUT2D eigenvalue weighted by molar-refractivity contribution is -0.384. The summed E-state index contributed by atoms with van der Waals surface area (Å²) in [6, 6.07) is 21.6. The summed E-state index contributed by atoms with van der Waals surface area (Å²) in [5.74, 6) is -2.00. The first-order valence-electron chi connectivity index (χ1n) is 24.0. The molecule has 4 aliphatic rings. The molecular weight excluding hydrogens is 888 g/mol. The number of aliphatic hydroxyl groups excluding tert-OH is 2. The highest BCUT2D eigenvalue weighted by Crippen LogP contribution is 2.62. The summed E-state index contributed by atoms with van der Waals surface area (Å²) in [7, 11) is 0. The minimum atomic E-state index is -1.65. The van der Waals surface area contributed by atoms with E-state index in [9.17, 15) is 24.7 Å². The van der Waals surface area contributed by atoms with Crippen molar-refractivity contribution in [2.45, 2.75) is 108 Å². The Kier molecular flexibility index (Phi) is 16.4. The van der Waals surface area contributed by atoms with E-state index in [2.05, 4.69) is 17.6 Å². The number of fused-ring (bicyclic) bond motifs is 2. The number of carbonyl (C=O) groups excluding carboxylic acids is 1. The van der Waals surface area contributed by atoms with Crippen molar-refractivity contribution in [1.82, 2.24) is 9.88 Å². The van der Waals surface area contributed by atoms with E-state index < -0.39 is 40.9 Å². The molecule has 0 bridgehead atoms. The Balaban J connectivity index is 1.32. The van der Waals surface area contributed by atoms with E-state index in [0.29, 0.717) is 48.6 Å². The number of nitrogens with zero attached hydrogens (tertiary/aromatic N) is 4. The van der Waals surface area contributed by atoms with Gasteiger partial charge in [0.05, 0.1) is 35.5 Å². The number of carbonyl (C=O) groups is 1. The fraction of sp³-hybridized carbons (Fsp3) is 0.453. The first kappa shape index (κ1) is 49.2. The molecule has 366 valence electrons. The van der Waals surface area contributed by atoms with Gasteiger partial charge in [0.1, 0.15) is 35.7 Å². The van der Waals surface area contributed by atoms with Crippen LogP contribution in [0.1, 0.15) is 92.6 Å². The number of halogens is 1. The van der Waals surface area contributed by atoms with Crippen molar-refractivity contribution < 1.29 is 52.8 Å². The van der Waals surface area contributed by atoms with Crippen LogP contribution in [-0.4, -0.2) is 81.4 Å². The number of aromatic nitrogens is 1. The highest BCUT2D eigenvalue weighted by Gasteiger charge is 2.66. The first-order valence-corrected chi connectivity index (χ1v) is 24.0. The Morgan fingerprint density at radius 2 is 1.78 bits per heavy atom. The number of benzene rings is 3. The molecule has 8 rings (SSSR count). The van der Waals surface area contributed by atoms with Gasteiger partial charge in [0, 0.05) is 61.9 Å². The van der Waals surface area contributed by atoms with Gasteiger partial charge in [-0.05, 0) is 123 Å². The summed E-state index contributed by atoms with van der Waals surface area (Å²) in [4.78, 5) is 38.5. The third-order valence-corrected chi connectivity index (χ3v) is 13.5. The van der Waals surface area contributed by atoms with Crippen molar-refractivity contribution in [3.63, 3.8) is 0 Å². The molecule has 2 N–H and O–H groups in total. The lowest BCUT2D eigenvalue weighted by Gasteiger charge is -2.59. The lowest BCUT2D eigenvalue weighted by Crippen LogP contribution is -2.70. The zero-order valence-electron chi connectivity index (χ0n) is 39.0. The molecule has 3 aromatic carbocycles. The normalized spacial score (nSPS) is 24.2. The summed E-state index contributed by atoms with van der Waals surface area (Å²) in [6.45, 7) is 6.72. The monoisotopic (exact) mass is 948 g/mol. The summed E-state index contributed by atoms with van der Waals surface area (Å²) >= 11 is 0. The Morgan fingerprint density at radius 1 is 1.01 bits per heavy atom. The number of nitro benzene ring substituents is 1. The van der Waals surface area contributed by atoms with Crippen LogP contribution in [-0.2, 0) is 27.5 Å². The van der Waals surface area contributed by atoms with Gasteiger partial charge < -0.3 is 38.7 Å². The number of hydrogen-bond acceptors (Lipinski definition) is 13. The van der Waals surface area contributed by atoms with Crippen molar-refractivity contribution in [1.29, 1.82) is 0 Å². The van der Waals surface area contributed by atoms with E-state index in [1.807, 2.05) is 43.3 Å². The largest absolute Gasteiger partial charge is 0.487 e. The van der Waals surface area contributed by atoms with Gasteiger partial charge in [0.25, 0.3) is 5.69 Å². The van der Waals surface area contributed by atoms with Gasteiger partial charge in [-0.2, -0.15) is 0 Å². The predicted molar refractivity (Wildman–Crippen MR) is 254 cm³/mol. The summed E-state index contributed by atoms with van der Waals surface area (Å²) in [5, 5.41) is 36.5. The summed E-state index contributed by atoms with van der Waals surface area (Å²) in [5.41, 5.74) is 4.30. The Morgan fingerprint density at radius 3 is 2.49 bits per heavy atom. The number of hydrogen-bond donors (Lipinski definition) is 2. The maximum atomic E-state index is 15.1. The number of nitro groups is 1. The zero-order chi connectivity index (χ0) is 48.3. The van der Waals surface area contributed by atoms with Gasteiger partial charge in [0.15, 0.2) is 0 Å². The topological polar surface area (TPSA) is 185 Å². The average molecular weight is 949 g/mol. The summed E-state index contributed by atoms with van der Waals surface area (Å²) in [6.07, 6.45) is 9.14. The molecule has 3 heterocycles. The quantitative estimate of drug-likeness (QED) is 0.0349. The molecule has 1 aromatic heterocycles. The molecule has 15 nitrogen and oxygen atoms in total. The number of allylic oxidation sites excluding steroid dienone is 1. The van der Waals surface area contributed by atoms with E-state index in [-0.39, 0.29) is 68.6 Å². The molecular formula is C53H61FN4O11. The number of amides is 1. The molecule has 7 atom stereocenters. The van der Waals surface area contributed by atoms with E-state index >= 15 is 4.79 Å². The third kappa shape index (κ3) is 11.5. The average Bonchev–Trinajstić information content (AvgIpc) is 3.36. The lowest BCUT2D eigenvalue weighted by atomic mass is 9.55. The van der Waals surface area contributed by atoms with Crippen molar-refractivity contribution >= 4 is 17.5 Å². The highest BCUT2D eigenvalue weighted by atomic mass is 19.1. The van der Waals surface area contributed by atoms with Crippen LogP contribution in [0.5, 0.6) is 17.2 Å². The second-order valence-electron chi connectivity index (χ2n) is 18.1. The fourth-order valence-electron chi connectivity index (χ4n) is 10.4. The van der Waals surface area contributed by atoms with Crippen molar-refractivity contribution in [2.24, 2.45) is 22.9 Å². The Bertz CT molecular complexity index is 2460. The van der Waals surface area contributed by atoms with E-state index in [1.165, 1.54) is 41.3 Å².